The number of imidazole rings is 1. The van der Waals surface area contributed by atoms with E-state index >= 15 is 0 Å². The Balaban J connectivity index is 1.68. The number of aromatic amines is 1. The Bertz CT molecular complexity index is 714. The average molecular weight is 327 g/mol. The van der Waals surface area contributed by atoms with Crippen LogP contribution in [0.3, 0.4) is 0 Å². The molecule has 0 aliphatic heterocycles. The summed E-state index contributed by atoms with van der Waals surface area (Å²) in [6.45, 7) is 1.82. The summed E-state index contributed by atoms with van der Waals surface area (Å²) in [5.74, 6) is 2.82. The second-order valence-electron chi connectivity index (χ2n) is 5.38. The van der Waals surface area contributed by atoms with E-state index < -0.39 is 0 Å². The molecule has 0 saturated heterocycles. The van der Waals surface area contributed by atoms with E-state index in [0.717, 1.165) is 11.3 Å². The number of rotatable bonds is 8. The minimum absolute atomic E-state index is 0.0639. The highest BCUT2D eigenvalue weighted by Crippen LogP contribution is 2.09. The molecule has 7 nitrogen and oxygen atoms in total. The SMILES string of the molecule is C#CC(CC)NC(=O)CNC(=O)CCCc1nc2ncccc2[nH]1. The molecule has 0 aliphatic rings. The van der Waals surface area contributed by atoms with Crippen LogP contribution in [0.25, 0.3) is 11.2 Å². The van der Waals surface area contributed by atoms with Gasteiger partial charge in [-0.25, -0.2) is 9.97 Å². The summed E-state index contributed by atoms with van der Waals surface area (Å²) in [4.78, 5) is 35.1. The van der Waals surface area contributed by atoms with Gasteiger partial charge in [-0.1, -0.05) is 12.8 Å². The second kappa shape index (κ2) is 8.67. The van der Waals surface area contributed by atoms with Crippen molar-refractivity contribution in [1.82, 2.24) is 25.6 Å². The molecule has 1 unspecified atom stereocenters. The molecular formula is C17H21N5O2. The van der Waals surface area contributed by atoms with Crippen molar-refractivity contribution in [2.45, 2.75) is 38.6 Å². The number of nitrogens with zero attached hydrogens (tertiary/aromatic N) is 2. The molecule has 24 heavy (non-hydrogen) atoms. The van der Waals surface area contributed by atoms with E-state index in [9.17, 15) is 9.59 Å². The van der Waals surface area contributed by atoms with Crippen molar-refractivity contribution in [3.63, 3.8) is 0 Å². The molecule has 126 valence electrons. The monoisotopic (exact) mass is 327 g/mol. The zero-order chi connectivity index (χ0) is 17.4. The maximum absolute atomic E-state index is 11.8. The van der Waals surface area contributed by atoms with E-state index in [4.69, 9.17) is 6.42 Å². The first-order chi connectivity index (χ1) is 11.6. The molecule has 0 fully saturated rings. The fourth-order valence-corrected chi connectivity index (χ4v) is 2.20. The van der Waals surface area contributed by atoms with Gasteiger partial charge in [-0.05, 0) is 25.0 Å². The van der Waals surface area contributed by atoms with Crippen LogP contribution in [0, 0.1) is 12.3 Å². The van der Waals surface area contributed by atoms with Crippen molar-refractivity contribution in [2.75, 3.05) is 6.54 Å². The van der Waals surface area contributed by atoms with E-state index in [1.807, 2.05) is 19.1 Å². The van der Waals surface area contributed by atoms with E-state index in [-0.39, 0.29) is 24.4 Å². The molecule has 0 aliphatic carbocycles. The molecule has 3 N–H and O–H groups in total. The molecule has 2 aromatic rings. The molecule has 2 amide bonds. The number of hydrogen-bond acceptors (Lipinski definition) is 4. The Kier molecular flexibility index (Phi) is 6.32. The first-order valence-corrected chi connectivity index (χ1v) is 7.94. The quantitative estimate of drug-likeness (QED) is 0.628. The largest absolute Gasteiger partial charge is 0.347 e. The zero-order valence-corrected chi connectivity index (χ0v) is 13.6. The Morgan fingerprint density at radius 2 is 2.25 bits per heavy atom. The molecule has 1 atom stereocenters. The number of fused-ring (bicyclic) bond motifs is 1. The van der Waals surface area contributed by atoms with Crippen molar-refractivity contribution in [3.05, 3.63) is 24.2 Å². The molecule has 0 bridgehead atoms. The maximum Gasteiger partial charge on any atom is 0.240 e. The third-order valence-corrected chi connectivity index (χ3v) is 3.51. The van der Waals surface area contributed by atoms with Crippen molar-refractivity contribution in [1.29, 1.82) is 0 Å². The summed E-state index contributed by atoms with van der Waals surface area (Å²) < 4.78 is 0. The minimum atomic E-state index is -0.295. The number of carbonyl (C=O) groups is 2. The van der Waals surface area contributed by atoms with Gasteiger partial charge in [0.15, 0.2) is 5.65 Å². The van der Waals surface area contributed by atoms with E-state index in [1.54, 1.807) is 6.20 Å². The lowest BCUT2D eigenvalue weighted by Gasteiger charge is -2.11. The van der Waals surface area contributed by atoms with E-state index in [0.29, 0.717) is 31.3 Å². The van der Waals surface area contributed by atoms with Gasteiger partial charge in [-0.2, -0.15) is 0 Å². The van der Waals surface area contributed by atoms with Crippen LogP contribution in [0.2, 0.25) is 0 Å². The Labute approximate surface area is 140 Å². The van der Waals surface area contributed by atoms with Crippen LogP contribution in [0.15, 0.2) is 18.3 Å². The summed E-state index contributed by atoms with van der Waals surface area (Å²) in [7, 11) is 0. The molecule has 2 heterocycles. The predicted octanol–water partition coefficient (Wildman–Crippen LogP) is 0.925. The highest BCUT2D eigenvalue weighted by Gasteiger charge is 2.09. The smallest absolute Gasteiger partial charge is 0.240 e. The van der Waals surface area contributed by atoms with Crippen LogP contribution in [0.4, 0.5) is 0 Å². The van der Waals surface area contributed by atoms with Gasteiger partial charge in [0.1, 0.15) is 5.82 Å². The second-order valence-corrected chi connectivity index (χ2v) is 5.38. The van der Waals surface area contributed by atoms with Gasteiger partial charge < -0.3 is 15.6 Å². The highest BCUT2D eigenvalue weighted by atomic mass is 16.2. The van der Waals surface area contributed by atoms with Crippen LogP contribution in [0.5, 0.6) is 0 Å². The Morgan fingerprint density at radius 1 is 1.42 bits per heavy atom. The summed E-state index contributed by atoms with van der Waals surface area (Å²) in [6, 6.07) is 3.45. The summed E-state index contributed by atoms with van der Waals surface area (Å²) >= 11 is 0. The topological polar surface area (TPSA) is 99.8 Å². The Morgan fingerprint density at radius 3 is 2.96 bits per heavy atom. The average Bonchev–Trinajstić information content (AvgIpc) is 3.00. The summed E-state index contributed by atoms with van der Waals surface area (Å²) in [5.41, 5.74) is 1.56. The van der Waals surface area contributed by atoms with Gasteiger partial charge in [0.25, 0.3) is 0 Å². The zero-order valence-electron chi connectivity index (χ0n) is 13.6. The number of carbonyl (C=O) groups excluding carboxylic acids is 2. The number of H-pyrrole nitrogens is 1. The number of pyridine rings is 1. The third kappa shape index (κ3) is 5.09. The fraction of sp³-hybridized carbons (Fsp3) is 0.412. The van der Waals surface area contributed by atoms with Crippen molar-refractivity contribution < 1.29 is 9.59 Å². The van der Waals surface area contributed by atoms with Gasteiger partial charge >= 0.3 is 0 Å². The fourth-order valence-electron chi connectivity index (χ4n) is 2.20. The lowest BCUT2D eigenvalue weighted by Crippen LogP contribution is -2.41. The van der Waals surface area contributed by atoms with E-state index in [2.05, 4.69) is 31.5 Å². The molecule has 0 spiro atoms. The van der Waals surface area contributed by atoms with Crippen molar-refractivity contribution in [3.8, 4) is 12.3 Å². The van der Waals surface area contributed by atoms with Crippen LogP contribution < -0.4 is 10.6 Å². The van der Waals surface area contributed by atoms with E-state index in [1.165, 1.54) is 0 Å². The first kappa shape index (κ1) is 17.5. The van der Waals surface area contributed by atoms with Crippen LogP contribution in [0.1, 0.15) is 32.0 Å². The summed E-state index contributed by atoms with van der Waals surface area (Å²) in [5, 5.41) is 5.24. The van der Waals surface area contributed by atoms with Gasteiger partial charge in [0.05, 0.1) is 18.1 Å². The van der Waals surface area contributed by atoms with Crippen molar-refractivity contribution in [2.24, 2.45) is 0 Å². The Hall–Kier alpha value is -2.88. The molecule has 2 rings (SSSR count). The van der Waals surface area contributed by atoms with Crippen molar-refractivity contribution >= 4 is 23.0 Å². The third-order valence-electron chi connectivity index (χ3n) is 3.51. The van der Waals surface area contributed by atoms with Crippen LogP contribution in [-0.2, 0) is 16.0 Å². The number of aryl methyl sites for hydroxylation is 1. The normalized spacial score (nSPS) is 11.7. The van der Waals surface area contributed by atoms with Gasteiger partial charge in [-0.3, -0.25) is 9.59 Å². The molecule has 2 aromatic heterocycles. The number of hydrogen-bond donors (Lipinski definition) is 3. The molecule has 0 saturated carbocycles. The lowest BCUT2D eigenvalue weighted by molar-refractivity contribution is -0.126. The van der Waals surface area contributed by atoms with Gasteiger partial charge in [-0.15, -0.1) is 6.42 Å². The summed E-state index contributed by atoms with van der Waals surface area (Å²) in [6.07, 6.45) is 9.22. The maximum atomic E-state index is 11.8. The number of aromatic nitrogens is 3. The molecular weight excluding hydrogens is 306 g/mol. The molecule has 0 radical (unpaired) electrons. The highest BCUT2D eigenvalue weighted by molar-refractivity contribution is 5.84. The van der Waals surface area contributed by atoms with Gasteiger partial charge in [0, 0.05) is 19.0 Å². The number of amides is 2. The first-order valence-electron chi connectivity index (χ1n) is 7.94. The predicted molar refractivity (Wildman–Crippen MR) is 90.9 cm³/mol. The number of nitrogens with one attached hydrogen (secondary N) is 3. The number of terminal acetylenes is 1. The van der Waals surface area contributed by atoms with Crippen LogP contribution >= 0.6 is 0 Å². The van der Waals surface area contributed by atoms with Crippen LogP contribution in [-0.4, -0.2) is 39.4 Å². The molecule has 7 heteroatoms. The van der Waals surface area contributed by atoms with Gasteiger partial charge in [0.2, 0.25) is 11.8 Å². The lowest BCUT2D eigenvalue weighted by atomic mass is 10.2. The molecule has 0 aromatic carbocycles. The minimum Gasteiger partial charge on any atom is -0.347 e. The standard InChI is InChI=1S/C17H21N5O2/c1-3-12(4-2)20-16(24)11-19-15(23)9-5-8-14-21-13-7-6-10-18-17(13)22-14/h1,6-7,10,12H,4-5,8-9,11H2,2H3,(H,19,23)(H,20,24)(H,18,21,22).